The van der Waals surface area contributed by atoms with Gasteiger partial charge in [-0.25, -0.2) is 0 Å². The Balaban J connectivity index is 1.92. The van der Waals surface area contributed by atoms with Gasteiger partial charge in [-0.1, -0.05) is 15.9 Å². The van der Waals surface area contributed by atoms with E-state index in [2.05, 4.69) is 61.5 Å². The van der Waals surface area contributed by atoms with Gasteiger partial charge in [-0.05, 0) is 66.9 Å². The van der Waals surface area contributed by atoms with Crippen molar-refractivity contribution in [1.82, 2.24) is 5.32 Å². The molecule has 1 aromatic rings. The Morgan fingerprint density at radius 2 is 2.29 bits per heavy atom. The molecule has 1 aromatic carbocycles. The van der Waals surface area contributed by atoms with Gasteiger partial charge in [-0.15, -0.1) is 0 Å². The molecule has 2 N–H and O–H groups in total. The summed E-state index contributed by atoms with van der Waals surface area (Å²) < 4.78 is 2.22. The lowest BCUT2D eigenvalue weighted by molar-refractivity contribution is 0.523. The molecule has 2 rings (SSSR count). The van der Waals surface area contributed by atoms with Crippen LogP contribution in [0.1, 0.15) is 26.2 Å². The molecule has 0 aromatic heterocycles. The van der Waals surface area contributed by atoms with Crippen molar-refractivity contribution in [2.45, 2.75) is 38.3 Å². The summed E-state index contributed by atoms with van der Waals surface area (Å²) in [6, 6.07) is 7.38. The third kappa shape index (κ3) is 3.97. The Morgan fingerprint density at radius 1 is 1.47 bits per heavy atom. The summed E-state index contributed by atoms with van der Waals surface area (Å²) in [6.07, 6.45) is 3.81. The zero-order chi connectivity index (χ0) is 12.3. The van der Waals surface area contributed by atoms with Gasteiger partial charge >= 0.3 is 0 Å². The standard InChI is InChI=1S/C13H18Br2N2/c1-9(7-11-3-2-6-16-11)17-13-8-10(14)4-5-12(13)15/h4-5,8-9,11,16-17H,2-3,6-7H2,1H3. The van der Waals surface area contributed by atoms with Crippen LogP contribution in [0.5, 0.6) is 0 Å². The monoisotopic (exact) mass is 360 g/mol. The highest BCUT2D eigenvalue weighted by atomic mass is 79.9. The predicted molar refractivity (Wildman–Crippen MR) is 80.6 cm³/mol. The smallest absolute Gasteiger partial charge is 0.0498 e. The normalized spacial score (nSPS) is 21.5. The molecule has 2 nitrogen and oxygen atoms in total. The number of rotatable bonds is 4. The molecule has 0 spiro atoms. The van der Waals surface area contributed by atoms with Crippen LogP contribution in [0, 0.1) is 0 Å². The molecule has 4 heteroatoms. The average Bonchev–Trinajstić information content (AvgIpc) is 2.76. The zero-order valence-corrected chi connectivity index (χ0v) is 13.1. The predicted octanol–water partition coefficient (Wildman–Crippen LogP) is 4.15. The summed E-state index contributed by atoms with van der Waals surface area (Å²) in [5.41, 5.74) is 1.16. The molecule has 1 heterocycles. The molecule has 94 valence electrons. The Hall–Kier alpha value is -0.0600. The van der Waals surface area contributed by atoms with Gasteiger partial charge < -0.3 is 10.6 Å². The van der Waals surface area contributed by atoms with Gasteiger partial charge in [0.15, 0.2) is 0 Å². The van der Waals surface area contributed by atoms with Crippen LogP contribution in [0.15, 0.2) is 27.1 Å². The Kier molecular flexibility index (Phi) is 4.88. The van der Waals surface area contributed by atoms with Gasteiger partial charge in [-0.3, -0.25) is 0 Å². The minimum Gasteiger partial charge on any atom is -0.382 e. The van der Waals surface area contributed by atoms with Crippen LogP contribution in [0.2, 0.25) is 0 Å². The number of nitrogens with one attached hydrogen (secondary N) is 2. The largest absolute Gasteiger partial charge is 0.382 e. The van der Waals surface area contributed by atoms with E-state index in [1.165, 1.54) is 25.8 Å². The van der Waals surface area contributed by atoms with E-state index in [0.29, 0.717) is 12.1 Å². The molecule has 0 aliphatic carbocycles. The highest BCUT2D eigenvalue weighted by molar-refractivity contribution is 9.11. The second-order valence-electron chi connectivity index (χ2n) is 4.70. The van der Waals surface area contributed by atoms with Crippen molar-refractivity contribution in [3.05, 3.63) is 27.1 Å². The molecule has 17 heavy (non-hydrogen) atoms. The van der Waals surface area contributed by atoms with Crippen molar-refractivity contribution < 1.29 is 0 Å². The SMILES string of the molecule is CC(CC1CCCN1)Nc1cc(Br)ccc1Br. The van der Waals surface area contributed by atoms with Crippen molar-refractivity contribution in [1.29, 1.82) is 0 Å². The number of hydrogen-bond donors (Lipinski definition) is 2. The van der Waals surface area contributed by atoms with Crippen molar-refractivity contribution in [3.63, 3.8) is 0 Å². The second-order valence-corrected chi connectivity index (χ2v) is 6.47. The zero-order valence-electron chi connectivity index (χ0n) is 9.97. The summed E-state index contributed by atoms with van der Waals surface area (Å²) in [6.45, 7) is 3.42. The highest BCUT2D eigenvalue weighted by Gasteiger charge is 2.17. The molecule has 1 saturated heterocycles. The van der Waals surface area contributed by atoms with E-state index in [9.17, 15) is 0 Å². The lowest BCUT2D eigenvalue weighted by Gasteiger charge is -2.20. The second kappa shape index (κ2) is 6.21. The van der Waals surface area contributed by atoms with E-state index < -0.39 is 0 Å². The third-order valence-electron chi connectivity index (χ3n) is 3.13. The van der Waals surface area contributed by atoms with E-state index >= 15 is 0 Å². The van der Waals surface area contributed by atoms with Crippen molar-refractivity contribution in [2.75, 3.05) is 11.9 Å². The van der Waals surface area contributed by atoms with Gasteiger partial charge in [0.2, 0.25) is 0 Å². The number of benzene rings is 1. The minimum atomic E-state index is 0.483. The van der Waals surface area contributed by atoms with Gasteiger partial charge in [0, 0.05) is 26.7 Å². The molecule has 0 bridgehead atoms. The van der Waals surface area contributed by atoms with Crippen LogP contribution in [0.25, 0.3) is 0 Å². The first-order valence-electron chi connectivity index (χ1n) is 6.10. The van der Waals surface area contributed by atoms with Gasteiger partial charge in [-0.2, -0.15) is 0 Å². The third-order valence-corrected chi connectivity index (χ3v) is 4.32. The first-order chi connectivity index (χ1) is 8.15. The molecule has 0 amide bonds. The summed E-state index contributed by atoms with van der Waals surface area (Å²) in [7, 11) is 0. The summed E-state index contributed by atoms with van der Waals surface area (Å²) in [4.78, 5) is 0. The lowest BCUT2D eigenvalue weighted by Crippen LogP contribution is -2.29. The first-order valence-corrected chi connectivity index (χ1v) is 7.68. The van der Waals surface area contributed by atoms with Crippen LogP contribution < -0.4 is 10.6 Å². The van der Waals surface area contributed by atoms with Crippen LogP contribution in [0.4, 0.5) is 5.69 Å². The fourth-order valence-electron chi connectivity index (χ4n) is 2.32. The van der Waals surface area contributed by atoms with Crippen LogP contribution in [0.3, 0.4) is 0 Å². The Morgan fingerprint density at radius 3 is 3.00 bits per heavy atom. The van der Waals surface area contributed by atoms with Crippen LogP contribution >= 0.6 is 31.9 Å². The Bertz CT molecular complexity index is 376. The van der Waals surface area contributed by atoms with E-state index in [-0.39, 0.29) is 0 Å². The van der Waals surface area contributed by atoms with Crippen molar-refractivity contribution >= 4 is 37.5 Å². The molecule has 0 radical (unpaired) electrons. The summed E-state index contributed by atoms with van der Waals surface area (Å²) in [5, 5.41) is 7.10. The lowest BCUT2D eigenvalue weighted by atomic mass is 10.1. The quantitative estimate of drug-likeness (QED) is 0.841. The average molecular weight is 362 g/mol. The molecular formula is C13H18Br2N2. The Labute approximate surface area is 120 Å². The van der Waals surface area contributed by atoms with E-state index in [1.807, 2.05) is 6.07 Å². The fraction of sp³-hybridized carbons (Fsp3) is 0.538. The van der Waals surface area contributed by atoms with Gasteiger partial charge in [0.1, 0.15) is 0 Å². The van der Waals surface area contributed by atoms with Crippen molar-refractivity contribution in [3.8, 4) is 0 Å². The summed E-state index contributed by atoms with van der Waals surface area (Å²) >= 11 is 7.07. The van der Waals surface area contributed by atoms with E-state index in [0.717, 1.165) is 14.6 Å². The maximum atomic E-state index is 3.57. The number of halogens is 2. The maximum absolute atomic E-state index is 3.57. The molecule has 1 aliphatic heterocycles. The molecule has 2 atom stereocenters. The number of anilines is 1. The van der Waals surface area contributed by atoms with Crippen LogP contribution in [-0.2, 0) is 0 Å². The van der Waals surface area contributed by atoms with Gasteiger partial charge in [0.05, 0.1) is 0 Å². The molecule has 2 unspecified atom stereocenters. The summed E-state index contributed by atoms with van der Waals surface area (Å²) in [5.74, 6) is 0. The fourth-order valence-corrected chi connectivity index (χ4v) is 3.04. The highest BCUT2D eigenvalue weighted by Crippen LogP contribution is 2.27. The topological polar surface area (TPSA) is 24.1 Å². The minimum absolute atomic E-state index is 0.483. The van der Waals surface area contributed by atoms with E-state index in [1.54, 1.807) is 0 Å². The molecule has 0 saturated carbocycles. The van der Waals surface area contributed by atoms with Crippen LogP contribution in [-0.4, -0.2) is 18.6 Å². The molecule has 1 fully saturated rings. The van der Waals surface area contributed by atoms with Crippen molar-refractivity contribution in [2.24, 2.45) is 0 Å². The first kappa shape index (κ1) is 13.4. The molecule has 1 aliphatic rings. The number of hydrogen-bond acceptors (Lipinski definition) is 2. The molecular weight excluding hydrogens is 344 g/mol. The van der Waals surface area contributed by atoms with Gasteiger partial charge in [0.25, 0.3) is 0 Å². The maximum Gasteiger partial charge on any atom is 0.0498 e. The van der Waals surface area contributed by atoms with E-state index in [4.69, 9.17) is 0 Å².